The minimum absolute atomic E-state index is 0.0516. The number of carboxylic acid groups (broad SMARTS) is 1. The van der Waals surface area contributed by atoms with E-state index in [2.05, 4.69) is 10.6 Å². The normalized spacial score (nSPS) is 17.5. The summed E-state index contributed by atoms with van der Waals surface area (Å²) in [5.41, 5.74) is -0.871. The molecule has 1 saturated heterocycles. The van der Waals surface area contributed by atoms with Gasteiger partial charge in [-0.1, -0.05) is 23.7 Å². The van der Waals surface area contributed by atoms with Crippen molar-refractivity contribution in [3.8, 4) is 17.2 Å². The second-order valence-electron chi connectivity index (χ2n) is 9.10. The number of aromatic hydroxyl groups is 2. The molecule has 2 aliphatic heterocycles. The number of phenolic OH excluding ortho intramolecular Hbond substituents is 2. The smallest absolute Gasteiger partial charge is 0.534 e. The van der Waals surface area contributed by atoms with Gasteiger partial charge in [-0.25, -0.2) is 14.0 Å². The standard InChI is InChI=1S/C24H23BClFN4O10/c1-2-30-7-8-31(22(36)21(30)35)24(39)29-17(11-4-6-13(32)18(33)16(11)26)20(34)28-14-9-10-3-5-12(27)15(23(37)38)19(10)41-25(14)40/h3-6,14,17,32-33,40H,2,7-9H2,1H3,(H,28,34)(H,29,39)(H,37,38)/t14-,17-/m0/s1. The number of carboxylic acids is 1. The molecule has 2 aromatic rings. The summed E-state index contributed by atoms with van der Waals surface area (Å²) < 4.78 is 19.3. The number of halogens is 2. The van der Waals surface area contributed by atoms with Crippen LogP contribution >= 0.6 is 11.6 Å². The first kappa shape index (κ1) is 29.4. The zero-order chi connectivity index (χ0) is 30.2. The number of carbonyl (C=O) groups is 5. The molecule has 0 unspecified atom stereocenters. The molecule has 0 aromatic heterocycles. The van der Waals surface area contributed by atoms with Crippen LogP contribution in [0.25, 0.3) is 0 Å². The number of hydrogen-bond donors (Lipinski definition) is 6. The van der Waals surface area contributed by atoms with E-state index in [9.17, 15) is 48.7 Å². The van der Waals surface area contributed by atoms with Gasteiger partial charge in [0.1, 0.15) is 23.2 Å². The summed E-state index contributed by atoms with van der Waals surface area (Å²) >= 11 is 6.15. The lowest BCUT2D eigenvalue weighted by molar-refractivity contribution is -0.153. The van der Waals surface area contributed by atoms with E-state index in [1.807, 2.05) is 0 Å². The third-order valence-electron chi connectivity index (χ3n) is 6.65. The molecule has 0 saturated carbocycles. The van der Waals surface area contributed by atoms with Crippen molar-refractivity contribution in [3.63, 3.8) is 0 Å². The Hall–Kier alpha value is -4.57. The predicted octanol–water partition coefficient (Wildman–Crippen LogP) is 0.170. The molecule has 1 fully saturated rings. The number of rotatable bonds is 6. The summed E-state index contributed by atoms with van der Waals surface area (Å²) in [5.74, 6) is -8.92. The molecule has 14 nitrogen and oxygen atoms in total. The maximum absolute atomic E-state index is 14.1. The second kappa shape index (κ2) is 11.5. The number of benzene rings is 2. The summed E-state index contributed by atoms with van der Waals surface area (Å²) in [4.78, 5) is 64.7. The highest BCUT2D eigenvalue weighted by Gasteiger charge is 2.42. The van der Waals surface area contributed by atoms with E-state index in [0.717, 1.165) is 18.2 Å². The molecule has 2 aliphatic rings. The van der Waals surface area contributed by atoms with Crippen LogP contribution < -0.4 is 15.3 Å². The number of aromatic carboxylic acids is 1. The predicted molar refractivity (Wildman–Crippen MR) is 138 cm³/mol. The van der Waals surface area contributed by atoms with Gasteiger partial charge in [-0.2, -0.15) is 0 Å². The number of urea groups is 1. The van der Waals surface area contributed by atoms with Crippen molar-refractivity contribution in [3.05, 3.63) is 51.8 Å². The molecule has 0 aliphatic carbocycles. The molecule has 2 heterocycles. The van der Waals surface area contributed by atoms with Crippen LogP contribution in [0.2, 0.25) is 5.02 Å². The lowest BCUT2D eigenvalue weighted by atomic mass is 9.72. The zero-order valence-electron chi connectivity index (χ0n) is 21.3. The Labute approximate surface area is 236 Å². The van der Waals surface area contributed by atoms with E-state index >= 15 is 0 Å². The number of piperazine rings is 1. The molecule has 41 heavy (non-hydrogen) atoms. The lowest BCUT2D eigenvalue weighted by Gasteiger charge is -2.33. The van der Waals surface area contributed by atoms with Gasteiger partial charge in [0.05, 0.1) is 11.0 Å². The van der Waals surface area contributed by atoms with Crippen LogP contribution in [0, 0.1) is 5.82 Å². The fourth-order valence-corrected chi connectivity index (χ4v) is 4.74. The molecule has 0 radical (unpaired) electrons. The highest BCUT2D eigenvalue weighted by molar-refractivity contribution is 6.47. The van der Waals surface area contributed by atoms with E-state index < -0.39 is 82.5 Å². The third kappa shape index (κ3) is 5.56. The van der Waals surface area contributed by atoms with E-state index in [1.54, 1.807) is 6.92 Å². The molecule has 6 N–H and O–H groups in total. The zero-order valence-corrected chi connectivity index (χ0v) is 22.0. The van der Waals surface area contributed by atoms with Gasteiger partial charge >= 0.3 is 30.9 Å². The topological polar surface area (TPSA) is 206 Å². The number of nitrogens with zero attached hydrogens (tertiary/aromatic N) is 2. The minimum atomic E-state index is -1.85. The summed E-state index contributed by atoms with van der Waals surface area (Å²) in [6.07, 6.45) is -0.218. The largest absolute Gasteiger partial charge is 0.547 e. The lowest BCUT2D eigenvalue weighted by Crippen LogP contribution is -2.60. The van der Waals surface area contributed by atoms with E-state index in [4.69, 9.17) is 16.3 Å². The summed E-state index contributed by atoms with van der Waals surface area (Å²) in [7, 11) is -1.85. The Balaban J connectivity index is 1.62. The number of nitrogens with one attached hydrogen (secondary N) is 2. The third-order valence-corrected chi connectivity index (χ3v) is 7.05. The van der Waals surface area contributed by atoms with Gasteiger partial charge in [0.2, 0.25) is 5.91 Å². The van der Waals surface area contributed by atoms with Gasteiger partial charge in [0.25, 0.3) is 0 Å². The number of likely N-dealkylation sites (N-methyl/N-ethyl adjacent to an activating group) is 1. The number of carbonyl (C=O) groups excluding carboxylic acids is 4. The van der Waals surface area contributed by atoms with Crippen molar-refractivity contribution in [2.45, 2.75) is 25.3 Å². The molecule has 2 aromatic carbocycles. The van der Waals surface area contributed by atoms with Crippen LogP contribution in [-0.4, -0.2) is 92.6 Å². The summed E-state index contributed by atoms with van der Waals surface area (Å²) in [6, 6.07) is 1.33. The molecular weight excluding hydrogens is 570 g/mol. The number of phenols is 2. The van der Waals surface area contributed by atoms with Crippen LogP contribution in [0.1, 0.15) is 34.5 Å². The Morgan fingerprint density at radius 3 is 2.54 bits per heavy atom. The highest BCUT2D eigenvalue weighted by Crippen LogP contribution is 2.38. The number of hydrogen-bond acceptors (Lipinski definition) is 9. The number of amides is 5. The minimum Gasteiger partial charge on any atom is -0.534 e. The maximum atomic E-state index is 14.1. The number of imide groups is 1. The van der Waals surface area contributed by atoms with Gasteiger partial charge in [-0.15, -0.1) is 0 Å². The Bertz CT molecular complexity index is 1460. The van der Waals surface area contributed by atoms with E-state index in [0.29, 0.717) is 4.90 Å². The summed E-state index contributed by atoms with van der Waals surface area (Å²) in [6.45, 7) is 1.77. The van der Waals surface area contributed by atoms with Crippen molar-refractivity contribution in [1.29, 1.82) is 0 Å². The molecule has 0 bridgehead atoms. The Kier molecular flexibility index (Phi) is 8.25. The van der Waals surface area contributed by atoms with Crippen LogP contribution in [-0.2, 0) is 20.8 Å². The molecule has 2 atom stereocenters. The average molecular weight is 593 g/mol. The Morgan fingerprint density at radius 2 is 1.88 bits per heavy atom. The van der Waals surface area contributed by atoms with Crippen LogP contribution in [0.4, 0.5) is 9.18 Å². The van der Waals surface area contributed by atoms with Gasteiger partial charge in [-0.3, -0.25) is 19.3 Å². The molecular formula is C24H23BClFN4O10. The van der Waals surface area contributed by atoms with Crippen molar-refractivity contribution in [2.24, 2.45) is 0 Å². The SMILES string of the molecule is CCN1CCN(C(=O)N[C@H](C(=O)N[C@H]2Cc3ccc(F)c(C(=O)O)c3OB2O)c2ccc(O)c(O)c2Cl)C(=O)C1=O. The molecule has 216 valence electrons. The van der Waals surface area contributed by atoms with E-state index in [1.165, 1.54) is 11.0 Å². The van der Waals surface area contributed by atoms with E-state index in [-0.39, 0.29) is 37.2 Å². The molecule has 4 rings (SSSR count). The van der Waals surface area contributed by atoms with Crippen LogP contribution in [0.15, 0.2) is 24.3 Å². The first-order valence-electron chi connectivity index (χ1n) is 12.2. The van der Waals surface area contributed by atoms with Gasteiger partial charge in [-0.05, 0) is 31.0 Å². The van der Waals surface area contributed by atoms with Gasteiger partial charge < -0.3 is 40.5 Å². The van der Waals surface area contributed by atoms with Crippen molar-refractivity contribution >= 4 is 48.4 Å². The first-order valence-corrected chi connectivity index (χ1v) is 12.5. The van der Waals surface area contributed by atoms with Crippen LogP contribution in [0.3, 0.4) is 0 Å². The van der Waals surface area contributed by atoms with Crippen molar-refractivity contribution < 1.29 is 53.4 Å². The van der Waals surface area contributed by atoms with Crippen molar-refractivity contribution in [1.82, 2.24) is 20.4 Å². The molecule has 0 spiro atoms. The van der Waals surface area contributed by atoms with Gasteiger partial charge in [0.15, 0.2) is 11.5 Å². The summed E-state index contributed by atoms with van der Waals surface area (Å²) in [5, 5.41) is 43.9. The van der Waals surface area contributed by atoms with Crippen LogP contribution in [0.5, 0.6) is 17.2 Å². The Morgan fingerprint density at radius 1 is 1.17 bits per heavy atom. The second-order valence-corrected chi connectivity index (χ2v) is 9.48. The maximum Gasteiger partial charge on any atom is 0.547 e. The quantitative estimate of drug-likeness (QED) is 0.152. The number of fused-ring (bicyclic) bond motifs is 1. The fourth-order valence-electron chi connectivity index (χ4n) is 4.47. The van der Waals surface area contributed by atoms with Gasteiger partial charge in [0, 0.05) is 25.2 Å². The molecule has 5 amide bonds. The monoisotopic (exact) mass is 592 g/mol. The average Bonchev–Trinajstić information content (AvgIpc) is 2.92. The highest BCUT2D eigenvalue weighted by atomic mass is 35.5. The first-order chi connectivity index (χ1) is 19.3. The molecule has 17 heteroatoms. The fraction of sp³-hybridized carbons (Fsp3) is 0.292. The van der Waals surface area contributed by atoms with Crippen molar-refractivity contribution in [2.75, 3.05) is 19.6 Å².